The summed E-state index contributed by atoms with van der Waals surface area (Å²) in [4.78, 5) is 34.6. The highest BCUT2D eigenvalue weighted by Gasteiger charge is 2.24. The van der Waals surface area contributed by atoms with Gasteiger partial charge in [-0.15, -0.1) is 0 Å². The van der Waals surface area contributed by atoms with Gasteiger partial charge in [0, 0.05) is 19.6 Å². The van der Waals surface area contributed by atoms with Gasteiger partial charge in [0.25, 0.3) is 0 Å². The Morgan fingerprint density at radius 1 is 0.733 bits per heavy atom. The standard InChI is InChI=1S/C10H21NO4.C10H18O5/c1-10(2,3)15-9(14)11(6-8-13)5-4-7-12;1-9(2,3)14-7(11)13-8(12)15-10(4,5)6/h12-13H,4-8H2,1-3H3;1-6H3/i7D2,8D2;. The van der Waals surface area contributed by atoms with Crippen molar-refractivity contribution in [3.8, 4) is 0 Å². The largest absolute Gasteiger partial charge is 0.519 e. The Labute approximate surface area is 185 Å². The van der Waals surface area contributed by atoms with E-state index >= 15 is 0 Å². The maximum Gasteiger partial charge on any atom is 0.519 e. The second-order valence-corrected chi connectivity index (χ2v) is 9.00. The molecule has 0 aromatic heterocycles. The molecule has 0 unspecified atom stereocenters. The van der Waals surface area contributed by atoms with E-state index in [-0.39, 0.29) is 6.54 Å². The van der Waals surface area contributed by atoms with Crippen LogP contribution in [0.15, 0.2) is 0 Å². The Morgan fingerprint density at radius 2 is 1.13 bits per heavy atom. The Morgan fingerprint density at radius 3 is 1.43 bits per heavy atom. The van der Waals surface area contributed by atoms with Crippen LogP contribution in [0.2, 0.25) is 0 Å². The minimum atomic E-state index is -2.63. The van der Waals surface area contributed by atoms with Gasteiger partial charge in [-0.25, -0.2) is 14.4 Å². The molecule has 0 bridgehead atoms. The minimum Gasteiger partial charge on any atom is -0.444 e. The Balaban J connectivity index is 0. The summed E-state index contributed by atoms with van der Waals surface area (Å²) in [5, 5.41) is 18.1. The molecule has 0 aliphatic heterocycles. The number of ether oxygens (including phenoxy) is 4. The molecule has 0 fully saturated rings. The van der Waals surface area contributed by atoms with Gasteiger partial charge in [0.1, 0.15) is 16.8 Å². The van der Waals surface area contributed by atoms with E-state index < -0.39 is 61.3 Å². The number of aliphatic hydroxyl groups is 2. The smallest absolute Gasteiger partial charge is 0.444 e. The second kappa shape index (κ2) is 13.3. The molecule has 10 heteroatoms. The van der Waals surface area contributed by atoms with Crippen LogP contribution in [-0.2, 0) is 18.9 Å². The number of carbonyl (C=O) groups is 3. The van der Waals surface area contributed by atoms with E-state index in [2.05, 4.69) is 4.74 Å². The first-order valence-corrected chi connectivity index (χ1v) is 9.26. The third-order valence-electron chi connectivity index (χ3n) is 2.35. The van der Waals surface area contributed by atoms with E-state index in [1.807, 2.05) is 0 Å². The van der Waals surface area contributed by atoms with E-state index in [1.54, 1.807) is 62.3 Å². The number of carbonyl (C=O) groups excluding carboxylic acids is 3. The Bertz CT molecular complexity index is 644. The summed E-state index contributed by atoms with van der Waals surface area (Å²) < 4.78 is 46.8. The highest BCUT2D eigenvalue weighted by molar-refractivity contribution is 5.77. The van der Waals surface area contributed by atoms with Crippen LogP contribution in [0.3, 0.4) is 0 Å². The third kappa shape index (κ3) is 20.7. The number of nitrogens with zero attached hydrogens (tertiary/aromatic N) is 1. The first-order chi connectivity index (χ1) is 14.7. The lowest BCUT2D eigenvalue weighted by molar-refractivity contribution is -0.0294. The van der Waals surface area contributed by atoms with E-state index in [9.17, 15) is 14.4 Å². The average Bonchev–Trinajstić information content (AvgIpc) is 2.43. The summed E-state index contributed by atoms with van der Waals surface area (Å²) in [5.41, 5.74) is -2.19. The van der Waals surface area contributed by atoms with Crippen LogP contribution in [0.25, 0.3) is 0 Å². The molecular weight excluding hydrogens is 398 g/mol. The number of rotatable bonds is 5. The fourth-order valence-corrected chi connectivity index (χ4v) is 1.44. The molecule has 178 valence electrons. The molecule has 0 saturated carbocycles. The predicted molar refractivity (Wildman–Crippen MR) is 110 cm³/mol. The number of hydrogen-bond donors (Lipinski definition) is 2. The second-order valence-electron chi connectivity index (χ2n) is 9.00. The zero-order chi connectivity index (χ0) is 27.8. The lowest BCUT2D eigenvalue weighted by Gasteiger charge is -2.26. The predicted octanol–water partition coefficient (Wildman–Crippen LogP) is 3.47. The molecule has 10 nitrogen and oxygen atoms in total. The molecule has 0 radical (unpaired) electrons. The van der Waals surface area contributed by atoms with Crippen molar-refractivity contribution in [2.75, 3.05) is 26.2 Å². The molecular formula is C20H39NO9. The van der Waals surface area contributed by atoms with Crippen LogP contribution < -0.4 is 0 Å². The van der Waals surface area contributed by atoms with Crippen LogP contribution in [0.4, 0.5) is 14.4 Å². The van der Waals surface area contributed by atoms with Gasteiger partial charge < -0.3 is 34.1 Å². The van der Waals surface area contributed by atoms with E-state index in [4.69, 9.17) is 29.9 Å². The minimum absolute atomic E-state index is 0.279. The van der Waals surface area contributed by atoms with Crippen molar-refractivity contribution in [3.63, 3.8) is 0 Å². The van der Waals surface area contributed by atoms with E-state index in [0.717, 1.165) is 4.90 Å². The van der Waals surface area contributed by atoms with E-state index in [1.165, 1.54) is 0 Å². The SMILES string of the molecule is CC(C)(C)OC(=O)OC(=O)OC(C)(C)C.[2H]C([2H])(O)CCN(CC([2H])([2H])O)C(=O)OC(C)(C)C. The van der Waals surface area contributed by atoms with Gasteiger partial charge in [-0.1, -0.05) is 0 Å². The topological polar surface area (TPSA) is 132 Å². The molecule has 30 heavy (non-hydrogen) atoms. The lowest BCUT2D eigenvalue weighted by atomic mass is 10.2. The van der Waals surface area contributed by atoms with Gasteiger partial charge in [-0.05, 0) is 68.7 Å². The van der Waals surface area contributed by atoms with Crippen LogP contribution in [-0.4, -0.2) is 76.5 Å². The van der Waals surface area contributed by atoms with Crippen molar-refractivity contribution >= 4 is 18.4 Å². The Kier molecular flexibility index (Phi) is 10.0. The highest BCUT2D eigenvalue weighted by atomic mass is 16.8. The maximum absolute atomic E-state index is 11.8. The molecule has 0 rings (SSSR count). The molecule has 1 amide bonds. The summed E-state index contributed by atoms with van der Waals surface area (Å²) in [5.74, 6) is 0. The van der Waals surface area contributed by atoms with Crippen LogP contribution in [0.5, 0.6) is 0 Å². The van der Waals surface area contributed by atoms with Gasteiger partial charge in [-0.3, -0.25) is 0 Å². The molecule has 0 saturated heterocycles. The van der Waals surface area contributed by atoms with Crippen molar-refractivity contribution in [1.82, 2.24) is 4.90 Å². The molecule has 0 aromatic rings. The normalized spacial score (nSPS) is 14.5. The fourth-order valence-electron chi connectivity index (χ4n) is 1.44. The van der Waals surface area contributed by atoms with Crippen LogP contribution in [0, 0.1) is 0 Å². The zero-order valence-corrected chi connectivity index (χ0v) is 19.3. The summed E-state index contributed by atoms with van der Waals surface area (Å²) in [6.07, 6.45) is -3.41. The van der Waals surface area contributed by atoms with Crippen molar-refractivity contribution in [2.24, 2.45) is 0 Å². The quantitative estimate of drug-likeness (QED) is 0.374. The monoisotopic (exact) mass is 441 g/mol. The summed E-state index contributed by atoms with van der Waals surface area (Å²) in [6, 6.07) is 0. The van der Waals surface area contributed by atoms with Gasteiger partial charge in [0.15, 0.2) is 0 Å². The van der Waals surface area contributed by atoms with Gasteiger partial charge in [0.2, 0.25) is 0 Å². The van der Waals surface area contributed by atoms with Gasteiger partial charge in [0.05, 0.1) is 12.0 Å². The fraction of sp³-hybridized carbons (Fsp3) is 0.850. The molecule has 0 aliphatic carbocycles. The molecule has 0 spiro atoms. The summed E-state index contributed by atoms with van der Waals surface area (Å²) in [7, 11) is 0. The Hall–Kier alpha value is -2.07. The van der Waals surface area contributed by atoms with Crippen molar-refractivity contribution in [3.05, 3.63) is 0 Å². The van der Waals surface area contributed by atoms with Crippen LogP contribution >= 0.6 is 0 Å². The van der Waals surface area contributed by atoms with Gasteiger partial charge in [-0.2, -0.15) is 0 Å². The first-order valence-electron chi connectivity index (χ1n) is 11.3. The summed E-state index contributed by atoms with van der Waals surface area (Å²) in [6.45, 7) is 8.84. The lowest BCUT2D eigenvalue weighted by Crippen LogP contribution is -2.39. The first kappa shape index (κ1) is 22.6. The molecule has 2 N–H and O–H groups in total. The molecule has 0 aromatic carbocycles. The highest BCUT2D eigenvalue weighted by Crippen LogP contribution is 2.12. The van der Waals surface area contributed by atoms with Crippen molar-refractivity contribution in [2.45, 2.75) is 85.5 Å². The van der Waals surface area contributed by atoms with Crippen molar-refractivity contribution in [1.29, 1.82) is 0 Å². The molecule has 0 atom stereocenters. The third-order valence-corrected chi connectivity index (χ3v) is 2.35. The number of amides is 1. The molecule has 0 aliphatic rings. The zero-order valence-electron chi connectivity index (χ0n) is 23.3. The van der Waals surface area contributed by atoms with Crippen molar-refractivity contribution < 1.29 is 49.0 Å². The maximum atomic E-state index is 11.8. The summed E-state index contributed by atoms with van der Waals surface area (Å²) >= 11 is 0. The van der Waals surface area contributed by atoms with Crippen LogP contribution in [0.1, 0.15) is 74.2 Å². The van der Waals surface area contributed by atoms with Gasteiger partial charge >= 0.3 is 18.4 Å². The van der Waals surface area contributed by atoms with E-state index in [0.29, 0.717) is 0 Å². The molecule has 0 heterocycles. The average molecular weight is 442 g/mol. The number of hydrogen-bond acceptors (Lipinski definition) is 9.